The van der Waals surface area contributed by atoms with Crippen LogP contribution in [0.5, 0.6) is 11.5 Å². The van der Waals surface area contributed by atoms with Gasteiger partial charge in [0.2, 0.25) is 0 Å². The summed E-state index contributed by atoms with van der Waals surface area (Å²) in [5.74, 6) is 0.662. The molecule has 0 aliphatic carbocycles. The molecule has 0 saturated heterocycles. The second-order valence-corrected chi connectivity index (χ2v) is 7.37. The minimum Gasteiger partial charge on any atom is -0.496 e. The molecule has 0 aliphatic rings. The second kappa shape index (κ2) is 9.00. The molecule has 0 fully saturated rings. The highest BCUT2D eigenvalue weighted by molar-refractivity contribution is 6.31. The lowest BCUT2D eigenvalue weighted by Gasteiger charge is -2.25. The standard InChI is InChI=1S/C21H26ClNO4/c1-13(2)11-23(4)18-8-14(3)17(22)10-20(18)27-12-16-7-6-15(21(24)25)9-19(16)26-5/h6-10,13H,11-12H2,1-5H3,(H,24,25). The third-order valence-electron chi connectivity index (χ3n) is 4.21. The van der Waals surface area contributed by atoms with Crippen LogP contribution >= 0.6 is 11.6 Å². The Morgan fingerprint density at radius 3 is 2.52 bits per heavy atom. The number of aryl methyl sites for hydroxylation is 1. The average molecular weight is 392 g/mol. The predicted octanol–water partition coefficient (Wildman–Crippen LogP) is 5.03. The molecule has 0 atom stereocenters. The van der Waals surface area contributed by atoms with Gasteiger partial charge in [-0.05, 0) is 36.6 Å². The molecule has 0 unspecified atom stereocenters. The summed E-state index contributed by atoms with van der Waals surface area (Å²) in [4.78, 5) is 13.3. The fraction of sp³-hybridized carbons (Fsp3) is 0.381. The monoisotopic (exact) mass is 391 g/mol. The number of methoxy groups -OCH3 is 1. The summed E-state index contributed by atoms with van der Waals surface area (Å²) in [5, 5.41) is 9.76. The lowest BCUT2D eigenvalue weighted by molar-refractivity contribution is 0.0696. The molecule has 0 spiro atoms. The number of carbonyl (C=O) groups is 1. The molecule has 0 saturated carbocycles. The molecule has 0 bridgehead atoms. The normalized spacial score (nSPS) is 10.8. The maximum atomic E-state index is 11.1. The van der Waals surface area contributed by atoms with Crippen LogP contribution in [-0.4, -0.2) is 31.8 Å². The number of rotatable bonds is 8. The first-order valence-corrected chi connectivity index (χ1v) is 9.15. The molecular weight excluding hydrogens is 366 g/mol. The van der Waals surface area contributed by atoms with Crippen LogP contribution in [0.1, 0.15) is 35.3 Å². The van der Waals surface area contributed by atoms with E-state index in [1.54, 1.807) is 6.07 Å². The van der Waals surface area contributed by atoms with Gasteiger partial charge in [-0.1, -0.05) is 31.5 Å². The van der Waals surface area contributed by atoms with Crippen molar-refractivity contribution in [3.05, 3.63) is 52.0 Å². The summed E-state index contributed by atoms with van der Waals surface area (Å²) in [7, 11) is 3.53. The first-order chi connectivity index (χ1) is 12.7. The van der Waals surface area contributed by atoms with Crippen LogP contribution in [0.25, 0.3) is 0 Å². The highest BCUT2D eigenvalue weighted by atomic mass is 35.5. The second-order valence-electron chi connectivity index (χ2n) is 6.96. The van der Waals surface area contributed by atoms with E-state index >= 15 is 0 Å². The van der Waals surface area contributed by atoms with Gasteiger partial charge < -0.3 is 19.5 Å². The number of benzene rings is 2. The van der Waals surface area contributed by atoms with Crippen molar-refractivity contribution in [3.63, 3.8) is 0 Å². The Morgan fingerprint density at radius 1 is 1.22 bits per heavy atom. The molecular formula is C21H26ClNO4. The number of anilines is 1. The number of hydrogen-bond donors (Lipinski definition) is 1. The van der Waals surface area contributed by atoms with Crippen LogP contribution in [0.3, 0.4) is 0 Å². The number of carboxylic acids is 1. The Kier molecular flexibility index (Phi) is 6.97. The lowest BCUT2D eigenvalue weighted by atomic mass is 10.1. The third kappa shape index (κ3) is 5.30. The van der Waals surface area contributed by atoms with E-state index in [2.05, 4.69) is 18.7 Å². The van der Waals surface area contributed by atoms with E-state index < -0.39 is 5.97 Å². The van der Waals surface area contributed by atoms with Gasteiger partial charge in [0, 0.05) is 30.2 Å². The maximum Gasteiger partial charge on any atom is 0.335 e. The van der Waals surface area contributed by atoms with E-state index in [1.165, 1.54) is 19.2 Å². The summed E-state index contributed by atoms with van der Waals surface area (Å²) in [6, 6.07) is 8.58. The van der Waals surface area contributed by atoms with Gasteiger partial charge >= 0.3 is 5.97 Å². The number of aromatic carboxylic acids is 1. The van der Waals surface area contributed by atoms with Gasteiger partial charge in [-0.2, -0.15) is 0 Å². The minimum absolute atomic E-state index is 0.173. The van der Waals surface area contributed by atoms with Gasteiger partial charge in [-0.25, -0.2) is 4.79 Å². The van der Waals surface area contributed by atoms with Crippen molar-refractivity contribution in [1.82, 2.24) is 0 Å². The molecule has 146 valence electrons. The zero-order chi connectivity index (χ0) is 20.1. The largest absolute Gasteiger partial charge is 0.496 e. The first kappa shape index (κ1) is 20.9. The van der Waals surface area contributed by atoms with Crippen LogP contribution in [-0.2, 0) is 6.61 Å². The molecule has 0 heterocycles. The Labute approximate surface area is 165 Å². The van der Waals surface area contributed by atoms with Gasteiger partial charge in [0.15, 0.2) is 0 Å². The third-order valence-corrected chi connectivity index (χ3v) is 4.61. The van der Waals surface area contributed by atoms with Gasteiger partial charge in [0.05, 0.1) is 18.4 Å². The van der Waals surface area contributed by atoms with E-state index in [0.29, 0.717) is 22.4 Å². The van der Waals surface area contributed by atoms with Crippen molar-refractivity contribution in [1.29, 1.82) is 0 Å². The van der Waals surface area contributed by atoms with Crippen molar-refractivity contribution in [2.75, 3.05) is 25.6 Å². The van der Waals surface area contributed by atoms with E-state index in [9.17, 15) is 4.79 Å². The molecule has 0 aromatic heterocycles. The lowest BCUT2D eigenvalue weighted by Crippen LogP contribution is -2.23. The fourth-order valence-electron chi connectivity index (χ4n) is 2.86. The van der Waals surface area contributed by atoms with Gasteiger partial charge in [0.1, 0.15) is 18.1 Å². The summed E-state index contributed by atoms with van der Waals surface area (Å²) in [6.07, 6.45) is 0. The number of ether oxygens (including phenoxy) is 2. The molecule has 2 aromatic rings. The van der Waals surface area contributed by atoms with E-state index in [1.807, 2.05) is 26.1 Å². The topological polar surface area (TPSA) is 59.0 Å². The summed E-state index contributed by atoms with van der Waals surface area (Å²) < 4.78 is 11.4. The molecule has 2 aromatic carbocycles. The van der Waals surface area contributed by atoms with Crippen LogP contribution in [0, 0.1) is 12.8 Å². The number of carboxylic acid groups (broad SMARTS) is 1. The van der Waals surface area contributed by atoms with Gasteiger partial charge in [-0.3, -0.25) is 0 Å². The Morgan fingerprint density at radius 2 is 1.93 bits per heavy atom. The van der Waals surface area contributed by atoms with Crippen LogP contribution in [0.2, 0.25) is 5.02 Å². The quantitative estimate of drug-likeness (QED) is 0.684. The highest BCUT2D eigenvalue weighted by Gasteiger charge is 2.15. The van der Waals surface area contributed by atoms with Gasteiger partial charge in [-0.15, -0.1) is 0 Å². The molecule has 27 heavy (non-hydrogen) atoms. The van der Waals surface area contributed by atoms with E-state index in [-0.39, 0.29) is 12.2 Å². The number of nitrogens with zero attached hydrogens (tertiary/aromatic N) is 1. The predicted molar refractivity (Wildman–Crippen MR) is 109 cm³/mol. The van der Waals surface area contributed by atoms with Crippen LogP contribution < -0.4 is 14.4 Å². The SMILES string of the molecule is COc1cc(C(=O)O)ccc1COc1cc(Cl)c(C)cc1N(C)CC(C)C. The van der Waals surface area contributed by atoms with Crippen molar-refractivity contribution < 1.29 is 19.4 Å². The molecule has 5 nitrogen and oxygen atoms in total. The number of hydrogen-bond acceptors (Lipinski definition) is 4. The zero-order valence-corrected chi connectivity index (χ0v) is 17.1. The fourth-order valence-corrected chi connectivity index (χ4v) is 3.01. The molecule has 6 heteroatoms. The summed E-state index contributed by atoms with van der Waals surface area (Å²) in [6.45, 7) is 7.41. The number of halogens is 1. The van der Waals surface area contributed by atoms with Crippen molar-refractivity contribution in [3.8, 4) is 11.5 Å². The van der Waals surface area contributed by atoms with Crippen LogP contribution in [0.15, 0.2) is 30.3 Å². The van der Waals surface area contributed by atoms with Crippen LogP contribution in [0.4, 0.5) is 5.69 Å². The van der Waals surface area contributed by atoms with Crippen molar-refractivity contribution >= 4 is 23.3 Å². The first-order valence-electron chi connectivity index (χ1n) is 8.77. The van der Waals surface area contributed by atoms with Crippen molar-refractivity contribution in [2.45, 2.75) is 27.4 Å². The summed E-state index contributed by atoms with van der Waals surface area (Å²) >= 11 is 6.30. The maximum absolute atomic E-state index is 11.1. The van der Waals surface area contributed by atoms with Gasteiger partial charge in [0.25, 0.3) is 0 Å². The van der Waals surface area contributed by atoms with E-state index in [4.69, 9.17) is 26.2 Å². The minimum atomic E-state index is -0.997. The van der Waals surface area contributed by atoms with Crippen molar-refractivity contribution in [2.24, 2.45) is 5.92 Å². The summed E-state index contributed by atoms with van der Waals surface area (Å²) in [5.41, 5.74) is 2.88. The van der Waals surface area contributed by atoms with E-state index in [0.717, 1.165) is 23.4 Å². The molecule has 0 aliphatic heterocycles. The Balaban J connectivity index is 2.29. The zero-order valence-electron chi connectivity index (χ0n) is 16.4. The molecule has 1 N–H and O–H groups in total. The molecule has 0 amide bonds. The Bertz CT molecular complexity index is 820. The average Bonchev–Trinajstić information content (AvgIpc) is 2.61. The smallest absolute Gasteiger partial charge is 0.335 e. The molecule has 0 radical (unpaired) electrons. The Hall–Kier alpha value is -2.40. The highest BCUT2D eigenvalue weighted by Crippen LogP contribution is 2.35. The molecule has 2 rings (SSSR count).